The van der Waals surface area contributed by atoms with Crippen molar-refractivity contribution in [2.24, 2.45) is 0 Å². The molecule has 0 bridgehead atoms. The molecule has 3 heterocycles. The molecule has 6 nitrogen and oxygen atoms in total. The number of pyridine rings is 1. The summed E-state index contributed by atoms with van der Waals surface area (Å²) in [4.78, 5) is 21.0. The van der Waals surface area contributed by atoms with Gasteiger partial charge in [-0.1, -0.05) is 30.3 Å². The van der Waals surface area contributed by atoms with Crippen LogP contribution in [0.15, 0.2) is 84.1 Å². The van der Waals surface area contributed by atoms with E-state index < -0.39 is 0 Å². The predicted octanol–water partition coefficient (Wildman–Crippen LogP) is 4.03. The molecule has 3 aromatic heterocycles. The topological polar surface area (TPSA) is 73.0 Å². The number of hydrogen-bond acceptors (Lipinski definition) is 4. The Morgan fingerprint density at radius 2 is 2.03 bits per heavy atom. The van der Waals surface area contributed by atoms with E-state index in [-0.39, 0.29) is 12.3 Å². The van der Waals surface area contributed by atoms with Gasteiger partial charge in [-0.2, -0.15) is 0 Å². The first-order valence-electron chi connectivity index (χ1n) is 9.36. The number of carbonyl (C=O) groups excluding carboxylic acids is 1. The van der Waals surface area contributed by atoms with Gasteiger partial charge in [-0.05, 0) is 34.5 Å². The van der Waals surface area contributed by atoms with Crippen LogP contribution in [0, 0.1) is 0 Å². The minimum atomic E-state index is -0.0540. The molecule has 5 aromatic rings. The Labute approximate surface area is 166 Å². The van der Waals surface area contributed by atoms with Crippen LogP contribution in [0.1, 0.15) is 11.1 Å². The van der Waals surface area contributed by atoms with Gasteiger partial charge < -0.3 is 9.73 Å². The number of furan rings is 1. The molecule has 2 aromatic carbocycles. The largest absolute Gasteiger partial charge is 0.464 e. The van der Waals surface area contributed by atoms with Crippen LogP contribution in [0.5, 0.6) is 0 Å². The lowest BCUT2D eigenvalue weighted by Gasteiger charge is -2.07. The number of imidazole rings is 1. The number of amides is 1. The highest BCUT2D eigenvalue weighted by molar-refractivity contribution is 6.08. The SMILES string of the molecule is O=C(Cc1coc2ccc3ccccc3c12)NCc1ccnc(-n2ccnc2)c1. The molecule has 0 aliphatic heterocycles. The number of fused-ring (bicyclic) bond motifs is 3. The summed E-state index contributed by atoms with van der Waals surface area (Å²) in [5.74, 6) is 0.711. The fraction of sp³-hybridized carbons (Fsp3) is 0.0870. The standard InChI is InChI=1S/C23H18N4O2/c28-22(26-13-16-7-8-25-21(11-16)27-10-9-24-15-27)12-18-14-29-20-6-5-17-3-1-2-4-19(17)23(18)20/h1-11,14-15H,12-13H2,(H,26,28). The zero-order valence-corrected chi connectivity index (χ0v) is 15.6. The number of nitrogens with one attached hydrogen (secondary N) is 1. The predicted molar refractivity (Wildman–Crippen MR) is 111 cm³/mol. The summed E-state index contributed by atoms with van der Waals surface area (Å²) >= 11 is 0. The third kappa shape index (κ3) is 3.36. The third-order valence-corrected chi connectivity index (χ3v) is 4.96. The van der Waals surface area contributed by atoms with Crippen LogP contribution in [0.25, 0.3) is 27.6 Å². The molecular formula is C23H18N4O2. The van der Waals surface area contributed by atoms with Crippen LogP contribution in [-0.2, 0) is 17.8 Å². The Bertz CT molecular complexity index is 1310. The van der Waals surface area contributed by atoms with Crippen molar-refractivity contribution in [2.75, 3.05) is 0 Å². The molecular weight excluding hydrogens is 364 g/mol. The third-order valence-electron chi connectivity index (χ3n) is 4.96. The van der Waals surface area contributed by atoms with E-state index >= 15 is 0 Å². The molecule has 1 N–H and O–H groups in total. The van der Waals surface area contributed by atoms with Crippen molar-refractivity contribution in [3.05, 3.63) is 90.8 Å². The summed E-state index contributed by atoms with van der Waals surface area (Å²) in [5.41, 5.74) is 2.66. The van der Waals surface area contributed by atoms with Gasteiger partial charge in [0.05, 0.1) is 12.7 Å². The molecule has 0 unspecified atom stereocenters. The molecule has 0 saturated heterocycles. The maximum Gasteiger partial charge on any atom is 0.224 e. The van der Waals surface area contributed by atoms with Gasteiger partial charge in [0.15, 0.2) is 0 Å². The zero-order valence-electron chi connectivity index (χ0n) is 15.6. The number of nitrogens with zero attached hydrogens (tertiary/aromatic N) is 3. The van der Waals surface area contributed by atoms with Crippen LogP contribution in [0.2, 0.25) is 0 Å². The lowest BCUT2D eigenvalue weighted by atomic mass is 10.0. The van der Waals surface area contributed by atoms with Crippen LogP contribution >= 0.6 is 0 Å². The average molecular weight is 382 g/mol. The van der Waals surface area contributed by atoms with Crippen LogP contribution in [-0.4, -0.2) is 20.4 Å². The van der Waals surface area contributed by atoms with E-state index in [1.54, 1.807) is 25.0 Å². The van der Waals surface area contributed by atoms with Gasteiger partial charge in [0.2, 0.25) is 5.91 Å². The molecule has 29 heavy (non-hydrogen) atoms. The van der Waals surface area contributed by atoms with E-state index in [4.69, 9.17) is 4.42 Å². The Morgan fingerprint density at radius 3 is 2.93 bits per heavy atom. The number of hydrogen-bond donors (Lipinski definition) is 1. The maximum absolute atomic E-state index is 12.6. The Kier molecular flexibility index (Phi) is 4.29. The normalized spacial score (nSPS) is 11.2. The van der Waals surface area contributed by atoms with E-state index in [2.05, 4.69) is 27.4 Å². The van der Waals surface area contributed by atoms with E-state index in [0.717, 1.165) is 38.7 Å². The van der Waals surface area contributed by atoms with Gasteiger partial charge in [-0.15, -0.1) is 0 Å². The highest BCUT2D eigenvalue weighted by Crippen LogP contribution is 2.30. The first-order valence-corrected chi connectivity index (χ1v) is 9.36. The second-order valence-corrected chi connectivity index (χ2v) is 6.87. The molecule has 5 rings (SSSR count). The van der Waals surface area contributed by atoms with Gasteiger partial charge in [0.25, 0.3) is 0 Å². The summed E-state index contributed by atoms with van der Waals surface area (Å²) < 4.78 is 7.51. The van der Waals surface area contributed by atoms with Crippen molar-refractivity contribution in [1.82, 2.24) is 19.9 Å². The van der Waals surface area contributed by atoms with Gasteiger partial charge >= 0.3 is 0 Å². The highest BCUT2D eigenvalue weighted by atomic mass is 16.3. The summed E-state index contributed by atoms with van der Waals surface area (Å²) in [6.07, 6.45) is 8.90. The lowest BCUT2D eigenvalue weighted by molar-refractivity contribution is -0.120. The number of carbonyl (C=O) groups is 1. The minimum Gasteiger partial charge on any atom is -0.464 e. The molecule has 0 saturated carbocycles. The van der Waals surface area contributed by atoms with Gasteiger partial charge in [0, 0.05) is 36.1 Å². The van der Waals surface area contributed by atoms with Crippen molar-refractivity contribution in [2.45, 2.75) is 13.0 Å². The van der Waals surface area contributed by atoms with Crippen LogP contribution < -0.4 is 5.32 Å². The Balaban J connectivity index is 1.33. The first kappa shape index (κ1) is 17.2. The fourth-order valence-corrected chi connectivity index (χ4v) is 3.55. The number of aromatic nitrogens is 3. The summed E-state index contributed by atoms with van der Waals surface area (Å²) in [5, 5.41) is 6.22. The molecule has 0 radical (unpaired) electrons. The second kappa shape index (κ2) is 7.24. The first-order chi connectivity index (χ1) is 14.3. The molecule has 0 fully saturated rings. The summed E-state index contributed by atoms with van der Waals surface area (Å²) in [6.45, 7) is 0.430. The summed E-state index contributed by atoms with van der Waals surface area (Å²) in [7, 11) is 0. The summed E-state index contributed by atoms with van der Waals surface area (Å²) in [6, 6.07) is 15.9. The van der Waals surface area contributed by atoms with E-state index in [1.165, 1.54) is 0 Å². The van der Waals surface area contributed by atoms with Crippen molar-refractivity contribution in [3.63, 3.8) is 0 Å². The van der Waals surface area contributed by atoms with Crippen LogP contribution in [0.4, 0.5) is 0 Å². The maximum atomic E-state index is 12.6. The van der Waals surface area contributed by atoms with Crippen molar-refractivity contribution < 1.29 is 9.21 Å². The van der Waals surface area contributed by atoms with Crippen molar-refractivity contribution >= 4 is 27.6 Å². The van der Waals surface area contributed by atoms with Gasteiger partial charge in [0.1, 0.15) is 17.7 Å². The van der Waals surface area contributed by atoms with E-state index in [1.807, 2.05) is 47.2 Å². The quantitative estimate of drug-likeness (QED) is 0.498. The van der Waals surface area contributed by atoms with Crippen LogP contribution in [0.3, 0.4) is 0 Å². The molecule has 6 heteroatoms. The minimum absolute atomic E-state index is 0.0540. The molecule has 142 valence electrons. The second-order valence-electron chi connectivity index (χ2n) is 6.87. The number of rotatable bonds is 5. The van der Waals surface area contributed by atoms with Crippen molar-refractivity contribution in [1.29, 1.82) is 0 Å². The van der Waals surface area contributed by atoms with Crippen molar-refractivity contribution in [3.8, 4) is 5.82 Å². The van der Waals surface area contributed by atoms with Gasteiger partial charge in [-0.3, -0.25) is 9.36 Å². The van der Waals surface area contributed by atoms with E-state index in [0.29, 0.717) is 6.54 Å². The zero-order chi connectivity index (χ0) is 19.6. The highest BCUT2D eigenvalue weighted by Gasteiger charge is 2.13. The molecule has 0 aliphatic carbocycles. The van der Waals surface area contributed by atoms with Gasteiger partial charge in [-0.25, -0.2) is 9.97 Å². The Morgan fingerprint density at radius 1 is 1.10 bits per heavy atom. The molecule has 1 amide bonds. The average Bonchev–Trinajstić information content (AvgIpc) is 3.43. The molecule has 0 spiro atoms. The smallest absolute Gasteiger partial charge is 0.224 e. The Hall–Kier alpha value is -3.93. The number of benzene rings is 2. The lowest BCUT2D eigenvalue weighted by Crippen LogP contribution is -2.24. The fourth-order valence-electron chi connectivity index (χ4n) is 3.55. The monoisotopic (exact) mass is 382 g/mol. The van der Waals surface area contributed by atoms with E-state index in [9.17, 15) is 4.79 Å². The molecule has 0 atom stereocenters. The molecule has 0 aliphatic rings.